The number of carbonyl (C=O) groups excluding carboxylic acids is 8. The minimum atomic E-state index is -4.86. The first-order chi connectivity index (χ1) is 57.5. The molecule has 0 fully saturated rings. The molecule has 10 aromatic carbocycles. The van der Waals surface area contributed by atoms with E-state index in [-0.39, 0.29) is 67.0 Å². The van der Waals surface area contributed by atoms with E-state index in [9.17, 15) is 116 Å². The van der Waals surface area contributed by atoms with Gasteiger partial charge in [0.25, 0.3) is 84.3 Å². The van der Waals surface area contributed by atoms with E-state index in [1.165, 1.54) is 108 Å². The van der Waals surface area contributed by atoms with Gasteiger partial charge in [-0.2, -0.15) is 50.5 Å². The smallest absolute Gasteiger partial charge is 0.388 e. The van der Waals surface area contributed by atoms with E-state index < -0.39 is 153 Å². The zero-order valence-electron chi connectivity index (χ0n) is 65.2. The van der Waals surface area contributed by atoms with Crippen molar-refractivity contribution >= 4 is 174 Å². The molecule has 656 valence electrons. The lowest BCUT2D eigenvalue weighted by Gasteiger charge is -2.13. The molecule has 14 N–H and O–H groups in total. The van der Waals surface area contributed by atoms with Gasteiger partial charge in [0.15, 0.2) is 23.1 Å². The van der Waals surface area contributed by atoms with Crippen LogP contribution in [0, 0.1) is 0 Å². The minimum absolute atomic E-state index is 0.0313. The van der Waals surface area contributed by atoms with E-state index in [1.54, 1.807) is 112 Å². The summed E-state index contributed by atoms with van der Waals surface area (Å²) in [5.74, 6) is -4.61. The molecule has 0 saturated carbocycles. The summed E-state index contributed by atoms with van der Waals surface area (Å²) >= 11 is 0. The molecule has 0 bridgehead atoms. The maximum Gasteiger partial charge on any atom is 0.425 e. The van der Waals surface area contributed by atoms with Crippen molar-refractivity contribution in [3.8, 4) is 22.3 Å². The SMILES string of the molecule is CNc1ccc(-c2ccc(NC(=O)c3ccc(C(C)=O)cc3)cc2S(=O)(=O)O)cc1.CNc1ccc(-c2ccc(NC(=O)c3ccc(C(C)=O)cc3S(=O)(=O)O)cc2S(=O)(=O)O)cc1.CNc1ccc(NC(=O)c2ccc(C(C)=O)cc2S(=O)(=O)O)cc1.CNc1ccc(NC(=O)c2ccc(C(C)=O)cc2S(=O)(=O)O)cc1S(=O)(=O)O.O=S(=O)=O.O=S(=O)=O. The van der Waals surface area contributed by atoms with E-state index in [2.05, 4.69) is 42.5 Å². The molecule has 0 heterocycles. The molecule has 0 aliphatic heterocycles. The molecular formula is C76H72N8O32S8. The summed E-state index contributed by atoms with van der Waals surface area (Å²) in [5.41, 5.74) is 4.28. The summed E-state index contributed by atoms with van der Waals surface area (Å²) < 4.78 is 248. The van der Waals surface area contributed by atoms with E-state index in [4.69, 9.17) is 25.3 Å². The first-order valence-electron chi connectivity index (χ1n) is 34.2. The Balaban J connectivity index is 0.000000286. The maximum atomic E-state index is 12.8. The molecule has 10 rings (SSSR count). The Bertz CT molecular complexity index is 6770. The number of rotatable bonds is 24. The number of Topliss-reactive ketones (excluding diaryl/α,β-unsaturated/α-hetero) is 4. The van der Waals surface area contributed by atoms with Crippen LogP contribution in [0.3, 0.4) is 0 Å². The van der Waals surface area contributed by atoms with Gasteiger partial charge >= 0.3 is 21.2 Å². The fourth-order valence-electron chi connectivity index (χ4n) is 10.6. The Morgan fingerprint density at radius 2 is 0.468 bits per heavy atom. The van der Waals surface area contributed by atoms with Crippen LogP contribution in [0.25, 0.3) is 22.3 Å². The predicted molar refractivity (Wildman–Crippen MR) is 451 cm³/mol. The van der Waals surface area contributed by atoms with Crippen molar-refractivity contribution in [3.05, 3.63) is 251 Å². The van der Waals surface area contributed by atoms with E-state index in [1.807, 2.05) is 0 Å². The zero-order chi connectivity index (χ0) is 93.5. The summed E-state index contributed by atoms with van der Waals surface area (Å²) in [6.07, 6.45) is 0. The van der Waals surface area contributed by atoms with Crippen LogP contribution < -0.4 is 42.5 Å². The summed E-state index contributed by atoms with van der Waals surface area (Å²) in [5, 5.41) is 21.2. The molecule has 0 spiro atoms. The molecule has 124 heavy (non-hydrogen) atoms. The van der Waals surface area contributed by atoms with Gasteiger partial charge in [-0.25, -0.2) is 0 Å². The summed E-state index contributed by atoms with van der Waals surface area (Å²) in [4.78, 5) is 92.3. The largest absolute Gasteiger partial charge is 0.425 e. The van der Waals surface area contributed by atoms with Crippen LogP contribution in [0.4, 0.5) is 45.5 Å². The van der Waals surface area contributed by atoms with Gasteiger partial charge < -0.3 is 42.5 Å². The minimum Gasteiger partial charge on any atom is -0.388 e. The van der Waals surface area contributed by atoms with Crippen molar-refractivity contribution in [2.24, 2.45) is 0 Å². The molecule has 10 aromatic rings. The lowest BCUT2D eigenvalue weighted by atomic mass is 10.0. The fraction of sp³-hybridized carbons (Fsp3) is 0.105. The van der Waals surface area contributed by atoms with Gasteiger partial charge in [0.1, 0.15) is 29.4 Å². The van der Waals surface area contributed by atoms with Crippen LogP contribution in [-0.4, -0.2) is 178 Å². The Morgan fingerprint density at radius 3 is 0.734 bits per heavy atom. The van der Waals surface area contributed by atoms with Crippen molar-refractivity contribution in [1.82, 2.24) is 0 Å². The lowest BCUT2D eigenvalue weighted by molar-refractivity contribution is 0.100. The highest BCUT2D eigenvalue weighted by molar-refractivity contribution is 7.87. The van der Waals surface area contributed by atoms with Crippen molar-refractivity contribution in [1.29, 1.82) is 0 Å². The molecule has 0 aliphatic rings. The maximum absolute atomic E-state index is 12.8. The number of anilines is 8. The van der Waals surface area contributed by atoms with Crippen LogP contribution in [0.1, 0.15) is 111 Å². The second-order valence-electron chi connectivity index (χ2n) is 24.9. The standard InChI is InChI=1S/C22H20N2O8S2.C22H20N2O5S.C16H16N2O8S2.C16H16N2O5S.2O3S/c1-13(25)15-5-9-19(20(11-15)33(27,28)29)22(26)24-17-8-10-18(21(12-17)34(30,31)32)14-3-6-16(23-2)7-4-14;1-14(25)15-3-5-17(6-4-15)22(26)24-19-11-12-20(21(13-19)30(27,28)29)16-7-9-18(23-2)10-8-16;1-9(19)10-3-5-12(14(7-10)27(21,22)23)16(20)18-11-4-6-13(17-2)15(8-11)28(24,25)26;1-10(19)11-3-8-14(15(9-11)24(21,22)23)16(20)18-13-6-4-12(17-2)5-7-13;2*1-4(2)3/h3-12,23H,1-2H3,(H,24,26)(H,27,28,29)(H,30,31,32);3-13,23H,1-2H3,(H,24,26)(H,27,28,29);3-8,17H,1-2H3,(H,18,20)(H,21,22,23)(H,24,25,26);3-9,17H,1-2H3,(H,18,20)(H,21,22,23);;. The summed E-state index contributed by atoms with van der Waals surface area (Å²) in [6, 6.07) is 47.9. The Labute approximate surface area is 711 Å². The number of ketones is 4. The van der Waals surface area contributed by atoms with Crippen LogP contribution >= 0.6 is 0 Å². The molecule has 48 heteroatoms. The van der Waals surface area contributed by atoms with Gasteiger partial charge in [-0.3, -0.25) is 65.7 Å². The summed E-state index contributed by atoms with van der Waals surface area (Å²) in [7, 11) is -27.8. The topological polar surface area (TPSA) is 661 Å². The molecule has 0 radical (unpaired) electrons. The highest BCUT2D eigenvalue weighted by atomic mass is 32.2. The number of carbonyl (C=O) groups is 8. The molecular weight excluding hydrogens is 1790 g/mol. The molecule has 40 nitrogen and oxygen atoms in total. The normalized spacial score (nSPS) is 11.0. The molecule has 0 saturated heterocycles. The number of hydrogen-bond acceptors (Lipinski definition) is 30. The van der Waals surface area contributed by atoms with Gasteiger partial charge in [-0.15, -0.1) is 25.3 Å². The molecule has 0 aromatic heterocycles. The number of hydrogen-bond donors (Lipinski definition) is 14. The van der Waals surface area contributed by atoms with Crippen molar-refractivity contribution < 1.29 is 141 Å². The van der Waals surface area contributed by atoms with Crippen LogP contribution in [-0.2, 0) is 81.9 Å². The van der Waals surface area contributed by atoms with Crippen molar-refractivity contribution in [3.63, 3.8) is 0 Å². The van der Waals surface area contributed by atoms with Gasteiger partial charge in [-0.05, 0) is 178 Å². The average molecular weight is 1870 g/mol. The van der Waals surface area contributed by atoms with Crippen LogP contribution in [0.2, 0.25) is 0 Å². The highest BCUT2D eigenvalue weighted by Gasteiger charge is 2.28. The first-order valence-corrected chi connectivity index (χ1v) is 44.8. The number of nitrogens with one attached hydrogen (secondary N) is 8. The third-order valence-electron chi connectivity index (χ3n) is 16.5. The van der Waals surface area contributed by atoms with Gasteiger partial charge in [0.2, 0.25) is 0 Å². The number of amides is 4. The first kappa shape index (κ1) is 101. The average Bonchev–Trinajstić information content (AvgIpc) is 0.801. The zero-order valence-corrected chi connectivity index (χ0v) is 71.7. The second-order valence-corrected chi connectivity index (χ2v) is 34.0. The van der Waals surface area contributed by atoms with Gasteiger partial charge in [-0.1, -0.05) is 66.7 Å². The van der Waals surface area contributed by atoms with E-state index in [0.717, 1.165) is 59.5 Å². The fourth-order valence-corrected chi connectivity index (χ4v) is 14.9. The van der Waals surface area contributed by atoms with E-state index >= 15 is 0 Å². The molecule has 0 unspecified atom stereocenters. The quantitative estimate of drug-likeness (QED) is 0.0198. The van der Waals surface area contributed by atoms with Gasteiger partial charge in [0, 0.05) is 107 Å². The number of benzene rings is 10. The third kappa shape index (κ3) is 30.1. The van der Waals surface area contributed by atoms with Crippen LogP contribution in [0.15, 0.2) is 236 Å². The molecule has 4 amide bonds. The molecule has 0 aliphatic carbocycles. The monoisotopic (exact) mass is 1860 g/mol. The van der Waals surface area contributed by atoms with Crippen molar-refractivity contribution in [2.45, 2.75) is 57.1 Å². The predicted octanol–water partition coefficient (Wildman–Crippen LogP) is 9.54. The Hall–Kier alpha value is -13.3. The highest BCUT2D eigenvalue weighted by Crippen LogP contribution is 2.35. The van der Waals surface area contributed by atoms with Gasteiger partial charge in [0.05, 0.1) is 22.4 Å². The third-order valence-corrected chi connectivity index (χ3v) is 21.9. The van der Waals surface area contributed by atoms with Crippen LogP contribution in [0.5, 0.6) is 0 Å². The summed E-state index contributed by atoms with van der Waals surface area (Å²) in [6.45, 7) is 5.06. The Morgan fingerprint density at radius 1 is 0.242 bits per heavy atom. The van der Waals surface area contributed by atoms with E-state index in [0.29, 0.717) is 33.5 Å². The second kappa shape index (κ2) is 43.4. The Kier molecular flexibility index (Phi) is 35.5. The molecule has 0 atom stereocenters. The van der Waals surface area contributed by atoms with Crippen molar-refractivity contribution in [2.75, 3.05) is 70.7 Å². The lowest BCUT2D eigenvalue weighted by Crippen LogP contribution is -2.17.